The molecule has 3 N–H and O–H groups in total. The summed E-state index contributed by atoms with van der Waals surface area (Å²) in [5.41, 5.74) is 6.09. The Kier molecular flexibility index (Phi) is 3.34. The van der Waals surface area contributed by atoms with Crippen LogP contribution in [0, 0.1) is 18.3 Å². The average Bonchev–Trinajstić information content (AvgIpc) is 2.27. The van der Waals surface area contributed by atoms with Crippen LogP contribution in [0.15, 0.2) is 18.3 Å². The number of hydrogen-bond donors (Lipinski definition) is 2. The molecule has 0 spiro atoms. The summed E-state index contributed by atoms with van der Waals surface area (Å²) in [6.07, 6.45) is 3.16. The molecule has 1 aliphatic rings. The van der Waals surface area contributed by atoms with Gasteiger partial charge in [-0.2, -0.15) is 0 Å². The van der Waals surface area contributed by atoms with E-state index in [2.05, 4.69) is 17.2 Å². The fourth-order valence-corrected chi connectivity index (χ4v) is 2.67. The van der Waals surface area contributed by atoms with Crippen LogP contribution in [0.4, 0.5) is 5.82 Å². The molecule has 0 atom stereocenters. The summed E-state index contributed by atoms with van der Waals surface area (Å²) in [5.74, 6) is 0.897. The van der Waals surface area contributed by atoms with Crippen LogP contribution in [0.3, 0.4) is 0 Å². The topological polar surface area (TPSA) is 68.0 Å². The number of carbonyl (C=O) groups is 1. The van der Waals surface area contributed by atoms with Crippen molar-refractivity contribution in [2.75, 3.05) is 5.32 Å². The van der Waals surface area contributed by atoms with Crippen molar-refractivity contribution in [3.8, 4) is 0 Å². The monoisotopic (exact) mass is 263 g/mol. The Bertz CT molecular complexity index is 478. The molecule has 5 heteroatoms. The van der Waals surface area contributed by atoms with Crippen molar-refractivity contribution in [1.29, 1.82) is 0 Å². The first-order valence-corrected chi connectivity index (χ1v) is 6.39. The minimum atomic E-state index is -0.679. The quantitative estimate of drug-likeness (QED) is 0.819. The summed E-state index contributed by atoms with van der Waals surface area (Å²) in [4.78, 5) is 16.7. The van der Waals surface area contributed by atoms with E-state index in [1.165, 1.54) is 0 Å². The van der Waals surface area contributed by atoms with Gasteiger partial charge in [-0.15, -0.1) is 0 Å². The number of nitrogens with zero attached hydrogens (tertiary/aromatic N) is 1. The van der Waals surface area contributed by atoms with E-state index in [1.807, 2.05) is 13.0 Å². The zero-order chi connectivity index (χ0) is 13.3. The second-order valence-electron chi connectivity index (χ2n) is 5.13. The van der Waals surface area contributed by atoms with Crippen molar-refractivity contribution < 1.29 is 4.79 Å². The van der Waals surface area contributed by atoms with Crippen LogP contribution in [0.25, 0.3) is 0 Å². The van der Waals surface area contributed by atoms with Gasteiger partial charge in [-0.05, 0) is 37.3 Å². The number of amides is 1. The molecular weight excluding hydrogens is 246 g/mol. The second-order valence-corrected chi connectivity index (χ2v) is 5.57. The lowest BCUT2D eigenvalue weighted by Gasteiger charge is -2.43. The van der Waals surface area contributed by atoms with E-state index in [9.17, 15) is 4.79 Å². The van der Waals surface area contributed by atoms with Crippen molar-refractivity contribution in [1.82, 2.24) is 4.98 Å². The fraction of sp³-hybridized carbons (Fsp3) is 0.462. The Morgan fingerprint density at radius 1 is 1.56 bits per heavy atom. The van der Waals surface area contributed by atoms with Crippen LogP contribution >= 0.6 is 12.2 Å². The molecular formula is C13H17N3OS. The van der Waals surface area contributed by atoms with E-state index >= 15 is 0 Å². The Hall–Kier alpha value is -1.49. The Morgan fingerprint density at radius 2 is 2.22 bits per heavy atom. The molecule has 1 heterocycles. The van der Waals surface area contributed by atoms with Gasteiger partial charge in [0.15, 0.2) is 0 Å². The Balaban J connectivity index is 2.11. The SMILES string of the molecule is Cc1ccc(NC(=O)C2(C(N)=S)CC(C)C2)nc1. The first-order chi connectivity index (χ1) is 8.44. The maximum Gasteiger partial charge on any atom is 0.238 e. The number of nitrogens with two attached hydrogens (primary N) is 1. The highest BCUT2D eigenvalue weighted by Gasteiger charge is 2.50. The Morgan fingerprint density at radius 3 is 2.67 bits per heavy atom. The molecule has 0 radical (unpaired) electrons. The summed E-state index contributed by atoms with van der Waals surface area (Å²) >= 11 is 5.04. The van der Waals surface area contributed by atoms with E-state index in [0.29, 0.717) is 11.7 Å². The first kappa shape index (κ1) is 13.0. The molecule has 1 aromatic rings. The van der Waals surface area contributed by atoms with Crippen LogP contribution in [0.1, 0.15) is 25.3 Å². The molecule has 96 valence electrons. The van der Waals surface area contributed by atoms with E-state index in [1.54, 1.807) is 12.3 Å². The number of anilines is 1. The second kappa shape index (κ2) is 4.65. The molecule has 0 unspecified atom stereocenters. The van der Waals surface area contributed by atoms with Gasteiger partial charge in [-0.25, -0.2) is 4.98 Å². The minimum absolute atomic E-state index is 0.135. The number of thiocarbonyl (C=S) groups is 1. The number of hydrogen-bond acceptors (Lipinski definition) is 3. The molecule has 2 rings (SSSR count). The summed E-state index contributed by atoms with van der Waals surface area (Å²) < 4.78 is 0. The number of pyridine rings is 1. The molecule has 1 fully saturated rings. The van der Waals surface area contributed by atoms with Crippen LogP contribution in [0.5, 0.6) is 0 Å². The van der Waals surface area contributed by atoms with Gasteiger partial charge in [-0.3, -0.25) is 4.79 Å². The van der Waals surface area contributed by atoms with Gasteiger partial charge in [0, 0.05) is 6.20 Å². The zero-order valence-electron chi connectivity index (χ0n) is 10.6. The normalized spacial score (nSPS) is 26.2. The van der Waals surface area contributed by atoms with Crippen molar-refractivity contribution in [3.63, 3.8) is 0 Å². The Labute approximate surface area is 112 Å². The van der Waals surface area contributed by atoms with E-state index in [4.69, 9.17) is 18.0 Å². The molecule has 18 heavy (non-hydrogen) atoms. The molecule has 0 aliphatic heterocycles. The summed E-state index contributed by atoms with van der Waals surface area (Å²) in [6.45, 7) is 4.04. The van der Waals surface area contributed by atoms with Crippen molar-refractivity contribution in [2.24, 2.45) is 17.1 Å². The lowest BCUT2D eigenvalue weighted by molar-refractivity contribution is -0.127. The van der Waals surface area contributed by atoms with Gasteiger partial charge in [0.25, 0.3) is 0 Å². The summed E-state index contributed by atoms with van der Waals surface area (Å²) in [7, 11) is 0. The largest absolute Gasteiger partial charge is 0.392 e. The predicted octanol–water partition coefficient (Wildman–Crippen LogP) is 2.03. The number of nitrogens with one attached hydrogen (secondary N) is 1. The summed E-state index contributed by atoms with van der Waals surface area (Å²) in [5, 5.41) is 2.80. The van der Waals surface area contributed by atoms with E-state index in [-0.39, 0.29) is 10.9 Å². The van der Waals surface area contributed by atoms with Gasteiger partial charge >= 0.3 is 0 Å². The third kappa shape index (κ3) is 2.22. The fourth-order valence-electron chi connectivity index (χ4n) is 2.41. The molecule has 1 aromatic heterocycles. The molecule has 1 aliphatic carbocycles. The van der Waals surface area contributed by atoms with Crippen LogP contribution in [-0.4, -0.2) is 15.9 Å². The number of aryl methyl sites for hydroxylation is 1. The van der Waals surface area contributed by atoms with Gasteiger partial charge < -0.3 is 11.1 Å². The lowest BCUT2D eigenvalue weighted by Crippen LogP contribution is -2.53. The van der Waals surface area contributed by atoms with Gasteiger partial charge in [0.2, 0.25) is 5.91 Å². The highest BCUT2D eigenvalue weighted by molar-refractivity contribution is 7.80. The standard InChI is InChI=1S/C13H17N3OS/c1-8-3-4-10(15-7-8)16-12(17)13(11(14)18)5-9(2)6-13/h3-4,7,9H,5-6H2,1-2H3,(H2,14,18)(H,15,16,17). The molecule has 1 amide bonds. The molecule has 1 saturated carbocycles. The van der Waals surface area contributed by atoms with Crippen LogP contribution < -0.4 is 11.1 Å². The first-order valence-electron chi connectivity index (χ1n) is 5.98. The summed E-state index contributed by atoms with van der Waals surface area (Å²) in [6, 6.07) is 3.68. The highest BCUT2D eigenvalue weighted by atomic mass is 32.1. The smallest absolute Gasteiger partial charge is 0.238 e. The lowest BCUT2D eigenvalue weighted by atomic mass is 9.62. The third-order valence-electron chi connectivity index (χ3n) is 3.45. The van der Waals surface area contributed by atoms with Crippen LogP contribution in [-0.2, 0) is 4.79 Å². The average molecular weight is 263 g/mol. The molecule has 4 nitrogen and oxygen atoms in total. The van der Waals surface area contributed by atoms with Crippen molar-refractivity contribution >= 4 is 28.9 Å². The molecule has 0 saturated heterocycles. The van der Waals surface area contributed by atoms with Gasteiger partial charge in [0.1, 0.15) is 5.82 Å². The maximum atomic E-state index is 12.3. The number of carbonyl (C=O) groups excluding carboxylic acids is 1. The predicted molar refractivity (Wildman–Crippen MR) is 75.2 cm³/mol. The molecule has 0 aromatic carbocycles. The van der Waals surface area contributed by atoms with Gasteiger partial charge in [-0.1, -0.05) is 25.2 Å². The highest BCUT2D eigenvalue weighted by Crippen LogP contribution is 2.46. The number of rotatable bonds is 3. The van der Waals surface area contributed by atoms with E-state index < -0.39 is 5.41 Å². The third-order valence-corrected chi connectivity index (χ3v) is 3.84. The maximum absolute atomic E-state index is 12.3. The van der Waals surface area contributed by atoms with E-state index in [0.717, 1.165) is 18.4 Å². The van der Waals surface area contributed by atoms with Gasteiger partial charge in [0.05, 0.1) is 10.4 Å². The minimum Gasteiger partial charge on any atom is -0.392 e. The zero-order valence-corrected chi connectivity index (χ0v) is 11.4. The van der Waals surface area contributed by atoms with Crippen LogP contribution in [0.2, 0.25) is 0 Å². The van der Waals surface area contributed by atoms with Crippen molar-refractivity contribution in [3.05, 3.63) is 23.9 Å². The van der Waals surface area contributed by atoms with Crippen molar-refractivity contribution in [2.45, 2.75) is 26.7 Å². The number of aromatic nitrogens is 1. The molecule has 0 bridgehead atoms.